The van der Waals surface area contributed by atoms with Crippen molar-refractivity contribution in [1.29, 1.82) is 0 Å². The van der Waals surface area contributed by atoms with Gasteiger partial charge in [0.15, 0.2) is 0 Å². The van der Waals surface area contributed by atoms with Crippen molar-refractivity contribution in [3.8, 4) is 0 Å². The van der Waals surface area contributed by atoms with Gasteiger partial charge in [-0.2, -0.15) is 0 Å². The first-order chi connectivity index (χ1) is 16.4. The summed E-state index contributed by atoms with van der Waals surface area (Å²) < 4.78 is 13.4. The van der Waals surface area contributed by atoms with E-state index in [2.05, 4.69) is 29.0 Å². The molecule has 8 heteroatoms. The van der Waals surface area contributed by atoms with Crippen molar-refractivity contribution in [2.45, 2.75) is 26.3 Å². The van der Waals surface area contributed by atoms with Gasteiger partial charge in [-0.3, -0.25) is 19.4 Å². The number of halogens is 1. The Morgan fingerprint density at radius 3 is 2.21 bits per heavy atom. The quantitative estimate of drug-likeness (QED) is 0.653. The van der Waals surface area contributed by atoms with Crippen molar-refractivity contribution in [2.24, 2.45) is 11.8 Å². The zero-order valence-electron chi connectivity index (χ0n) is 20.1. The van der Waals surface area contributed by atoms with Gasteiger partial charge in [0, 0.05) is 44.1 Å². The SMILES string of the molecule is C[C@@H]1C[C@@H](C)CN(C(=O)CN2CCN(CC(=O)N[C@H](c3ccc(F)cc3)c3cccs3)CC2)C1. The molecule has 2 aliphatic rings. The highest BCUT2D eigenvalue weighted by molar-refractivity contribution is 7.10. The Hall–Kier alpha value is -2.29. The molecule has 6 nitrogen and oxygen atoms in total. The monoisotopic (exact) mass is 486 g/mol. The van der Waals surface area contributed by atoms with Crippen LogP contribution in [0.25, 0.3) is 0 Å². The molecule has 2 saturated heterocycles. The van der Waals surface area contributed by atoms with Gasteiger partial charge in [-0.05, 0) is 47.4 Å². The van der Waals surface area contributed by atoms with E-state index in [1.54, 1.807) is 23.5 Å². The number of hydrogen-bond donors (Lipinski definition) is 1. The van der Waals surface area contributed by atoms with Crippen LogP contribution in [0.15, 0.2) is 41.8 Å². The van der Waals surface area contributed by atoms with Crippen molar-refractivity contribution >= 4 is 23.2 Å². The van der Waals surface area contributed by atoms with Crippen molar-refractivity contribution in [2.75, 3.05) is 52.4 Å². The van der Waals surface area contributed by atoms with Crippen LogP contribution in [0, 0.1) is 17.7 Å². The maximum atomic E-state index is 13.4. The zero-order chi connectivity index (χ0) is 24.1. The Morgan fingerprint density at radius 2 is 1.62 bits per heavy atom. The highest BCUT2D eigenvalue weighted by atomic mass is 32.1. The highest BCUT2D eigenvalue weighted by Gasteiger charge is 2.28. The minimum atomic E-state index is -0.291. The van der Waals surface area contributed by atoms with Gasteiger partial charge in [0.1, 0.15) is 5.82 Å². The molecule has 34 heavy (non-hydrogen) atoms. The lowest BCUT2D eigenvalue weighted by atomic mass is 9.92. The predicted octanol–water partition coefficient (Wildman–Crippen LogP) is 3.21. The number of nitrogens with one attached hydrogen (secondary N) is 1. The molecule has 1 aromatic carbocycles. The molecular weight excluding hydrogens is 451 g/mol. The lowest BCUT2D eigenvalue weighted by molar-refractivity contribution is -0.135. The number of rotatable bonds is 7. The first kappa shape index (κ1) is 24.8. The van der Waals surface area contributed by atoms with E-state index in [1.165, 1.54) is 18.6 Å². The van der Waals surface area contributed by atoms with Gasteiger partial charge < -0.3 is 10.2 Å². The topological polar surface area (TPSA) is 55.9 Å². The smallest absolute Gasteiger partial charge is 0.236 e. The number of piperidine rings is 1. The van der Waals surface area contributed by atoms with E-state index in [-0.39, 0.29) is 23.7 Å². The molecule has 0 bridgehead atoms. The van der Waals surface area contributed by atoms with E-state index >= 15 is 0 Å². The van der Waals surface area contributed by atoms with Gasteiger partial charge in [-0.1, -0.05) is 32.0 Å². The lowest BCUT2D eigenvalue weighted by Crippen LogP contribution is -2.53. The van der Waals surface area contributed by atoms with E-state index < -0.39 is 0 Å². The Kier molecular flexibility index (Phi) is 8.34. The molecule has 3 heterocycles. The molecule has 0 aliphatic carbocycles. The van der Waals surface area contributed by atoms with Crippen LogP contribution in [-0.2, 0) is 9.59 Å². The summed E-state index contributed by atoms with van der Waals surface area (Å²) >= 11 is 1.57. The molecule has 2 aromatic rings. The van der Waals surface area contributed by atoms with Crippen LogP contribution < -0.4 is 5.32 Å². The average Bonchev–Trinajstić information content (AvgIpc) is 3.33. The van der Waals surface area contributed by atoms with E-state index in [4.69, 9.17) is 0 Å². The van der Waals surface area contributed by atoms with Crippen LogP contribution in [0.2, 0.25) is 0 Å². The lowest BCUT2D eigenvalue weighted by Gasteiger charge is -2.38. The molecule has 0 radical (unpaired) electrons. The van der Waals surface area contributed by atoms with Crippen molar-refractivity contribution in [3.05, 3.63) is 58.0 Å². The Bertz CT molecular complexity index is 934. The summed E-state index contributed by atoms with van der Waals surface area (Å²) in [5.74, 6) is 1.01. The number of piperazine rings is 1. The molecule has 184 valence electrons. The maximum Gasteiger partial charge on any atom is 0.236 e. The maximum absolute atomic E-state index is 13.4. The Balaban J connectivity index is 1.26. The summed E-state index contributed by atoms with van der Waals surface area (Å²) in [6.45, 7) is 10.0. The summed E-state index contributed by atoms with van der Waals surface area (Å²) in [5, 5.41) is 5.11. The number of thiophene rings is 1. The van der Waals surface area contributed by atoms with Gasteiger partial charge in [0.25, 0.3) is 0 Å². The van der Waals surface area contributed by atoms with Crippen LogP contribution in [0.3, 0.4) is 0 Å². The fourth-order valence-corrected chi connectivity index (χ4v) is 5.91. The molecule has 4 rings (SSSR count). The van der Waals surface area contributed by atoms with E-state index in [0.717, 1.165) is 49.7 Å². The molecule has 3 atom stereocenters. The fourth-order valence-electron chi connectivity index (χ4n) is 5.10. The van der Waals surface area contributed by atoms with Crippen LogP contribution >= 0.6 is 11.3 Å². The van der Waals surface area contributed by atoms with Crippen molar-refractivity contribution in [3.63, 3.8) is 0 Å². The van der Waals surface area contributed by atoms with Crippen LogP contribution in [-0.4, -0.2) is 78.9 Å². The fraction of sp³-hybridized carbons (Fsp3) is 0.538. The normalized spacial score (nSPS) is 23.0. The first-order valence-corrected chi connectivity index (χ1v) is 13.1. The second kappa shape index (κ2) is 11.4. The molecule has 2 aliphatic heterocycles. The van der Waals surface area contributed by atoms with E-state index in [1.807, 2.05) is 22.4 Å². The number of carbonyl (C=O) groups excluding carboxylic acids is 2. The summed E-state index contributed by atoms with van der Waals surface area (Å²) in [4.78, 5) is 33.1. The standard InChI is InChI=1S/C26H35FN4O2S/c1-19-14-20(2)16-31(15-19)25(33)18-30-11-9-29(10-12-30)17-24(32)28-26(23-4-3-13-34-23)21-5-7-22(27)8-6-21/h3-8,13,19-20,26H,9-12,14-18H2,1-2H3,(H,28,32)/t19-,20-,26-/m1/s1. The molecule has 2 amide bonds. The van der Waals surface area contributed by atoms with Crippen molar-refractivity contribution in [1.82, 2.24) is 20.0 Å². The third-order valence-electron chi connectivity index (χ3n) is 6.75. The molecule has 2 fully saturated rings. The number of carbonyl (C=O) groups is 2. The number of amides is 2. The minimum Gasteiger partial charge on any atom is -0.343 e. The molecule has 0 saturated carbocycles. The summed E-state index contributed by atoms with van der Waals surface area (Å²) in [6, 6.07) is 9.94. The predicted molar refractivity (Wildman–Crippen MR) is 133 cm³/mol. The average molecular weight is 487 g/mol. The molecule has 1 N–H and O–H groups in total. The largest absolute Gasteiger partial charge is 0.343 e. The second-order valence-corrected chi connectivity index (χ2v) is 10.8. The Morgan fingerprint density at radius 1 is 1.00 bits per heavy atom. The highest BCUT2D eigenvalue weighted by Crippen LogP contribution is 2.26. The number of nitrogens with zero attached hydrogens (tertiary/aromatic N) is 3. The third-order valence-corrected chi connectivity index (χ3v) is 7.69. The van der Waals surface area contributed by atoms with Gasteiger partial charge in [0.2, 0.25) is 11.8 Å². The first-order valence-electron chi connectivity index (χ1n) is 12.2. The van der Waals surface area contributed by atoms with Crippen LogP contribution in [0.1, 0.15) is 36.8 Å². The van der Waals surface area contributed by atoms with Gasteiger partial charge >= 0.3 is 0 Å². The summed E-state index contributed by atoms with van der Waals surface area (Å²) in [7, 11) is 0. The number of benzene rings is 1. The molecule has 0 unspecified atom stereocenters. The second-order valence-electron chi connectivity index (χ2n) is 9.86. The molecule has 1 aromatic heterocycles. The number of hydrogen-bond acceptors (Lipinski definition) is 5. The van der Waals surface area contributed by atoms with E-state index in [0.29, 0.717) is 24.9 Å². The van der Waals surface area contributed by atoms with Crippen molar-refractivity contribution < 1.29 is 14.0 Å². The Labute approximate surface area is 205 Å². The summed E-state index contributed by atoms with van der Waals surface area (Å²) in [6.07, 6.45) is 1.19. The zero-order valence-corrected chi connectivity index (χ0v) is 20.9. The minimum absolute atomic E-state index is 0.0523. The molecule has 0 spiro atoms. The van der Waals surface area contributed by atoms with Crippen LogP contribution in [0.4, 0.5) is 4.39 Å². The summed E-state index contributed by atoms with van der Waals surface area (Å²) in [5.41, 5.74) is 0.863. The van der Waals surface area contributed by atoms with Gasteiger partial charge in [-0.15, -0.1) is 11.3 Å². The third kappa shape index (κ3) is 6.64. The molecular formula is C26H35FN4O2S. The number of likely N-dealkylation sites (tertiary alicyclic amines) is 1. The van der Waals surface area contributed by atoms with Crippen LogP contribution in [0.5, 0.6) is 0 Å². The van der Waals surface area contributed by atoms with Gasteiger partial charge in [0.05, 0.1) is 19.1 Å². The van der Waals surface area contributed by atoms with E-state index in [9.17, 15) is 14.0 Å². The van der Waals surface area contributed by atoms with Gasteiger partial charge in [-0.25, -0.2) is 4.39 Å².